The lowest BCUT2D eigenvalue weighted by Gasteiger charge is -2.28. The van der Waals surface area contributed by atoms with E-state index < -0.39 is 28.3 Å². The monoisotopic (exact) mass is 376 g/mol. The number of rotatable bonds is 5. The van der Waals surface area contributed by atoms with E-state index in [0.717, 1.165) is 35.4 Å². The van der Waals surface area contributed by atoms with Crippen molar-refractivity contribution in [1.29, 1.82) is 0 Å². The lowest BCUT2D eigenvalue weighted by Crippen LogP contribution is -2.42. The zero-order valence-corrected chi connectivity index (χ0v) is 15.3. The normalized spacial score (nSPS) is 16.6. The fourth-order valence-corrected chi connectivity index (χ4v) is 4.17. The molecule has 1 atom stereocenters. The first-order valence-corrected chi connectivity index (χ1v) is 10.3. The molecule has 0 spiro atoms. The highest BCUT2D eigenvalue weighted by Crippen LogP contribution is 2.29. The second-order valence-electron chi connectivity index (χ2n) is 6.43. The molecule has 1 aliphatic rings. The number of amides is 1. The summed E-state index contributed by atoms with van der Waals surface area (Å²) >= 11 is 0. The minimum atomic E-state index is -3.80. The van der Waals surface area contributed by atoms with Gasteiger partial charge >= 0.3 is 0 Å². The van der Waals surface area contributed by atoms with Gasteiger partial charge in [0.2, 0.25) is 15.9 Å². The number of aryl methyl sites for hydroxylation is 1. The fraction of sp³-hybridized carbons (Fsp3) is 0.316. The first-order valence-electron chi connectivity index (χ1n) is 8.45. The van der Waals surface area contributed by atoms with Crippen LogP contribution >= 0.6 is 0 Å². The smallest absolute Gasteiger partial charge is 0.241 e. The SMILES string of the molecule is CS(=O)(=O)N(CC(=O)N[C@H]1CCCc2ccccc21)c1ccccc1F. The summed E-state index contributed by atoms with van der Waals surface area (Å²) < 4.78 is 39.0. The molecule has 2 aromatic carbocycles. The first kappa shape index (κ1) is 18.4. The molecular formula is C19H21FN2O3S. The van der Waals surface area contributed by atoms with E-state index in [1.165, 1.54) is 29.8 Å². The maximum absolute atomic E-state index is 14.0. The molecule has 1 N–H and O–H groups in total. The zero-order valence-electron chi connectivity index (χ0n) is 14.5. The van der Waals surface area contributed by atoms with Gasteiger partial charge in [0.05, 0.1) is 18.0 Å². The lowest BCUT2D eigenvalue weighted by atomic mass is 9.88. The third-order valence-electron chi connectivity index (χ3n) is 4.51. The van der Waals surface area contributed by atoms with Crippen LogP contribution in [-0.2, 0) is 21.2 Å². The van der Waals surface area contributed by atoms with Gasteiger partial charge in [0.1, 0.15) is 12.4 Å². The Morgan fingerprint density at radius 2 is 1.88 bits per heavy atom. The Morgan fingerprint density at radius 1 is 1.19 bits per heavy atom. The Bertz CT molecular complexity index is 915. The van der Waals surface area contributed by atoms with Gasteiger partial charge in [-0.2, -0.15) is 0 Å². The van der Waals surface area contributed by atoms with Gasteiger partial charge in [0.25, 0.3) is 0 Å². The average Bonchev–Trinajstić information content (AvgIpc) is 2.60. The number of anilines is 1. The van der Waals surface area contributed by atoms with Gasteiger partial charge in [-0.1, -0.05) is 36.4 Å². The number of nitrogens with zero attached hydrogens (tertiary/aromatic N) is 1. The van der Waals surface area contributed by atoms with Crippen LogP contribution < -0.4 is 9.62 Å². The highest BCUT2D eigenvalue weighted by atomic mass is 32.2. The summed E-state index contributed by atoms with van der Waals surface area (Å²) in [6, 6.07) is 13.3. The Kier molecular flexibility index (Phi) is 5.27. The Balaban J connectivity index is 1.79. The quantitative estimate of drug-likeness (QED) is 0.873. The van der Waals surface area contributed by atoms with Crippen molar-refractivity contribution in [2.75, 3.05) is 17.1 Å². The summed E-state index contributed by atoms with van der Waals surface area (Å²) in [7, 11) is -3.80. The minimum Gasteiger partial charge on any atom is -0.348 e. The van der Waals surface area contributed by atoms with Crippen molar-refractivity contribution in [3.63, 3.8) is 0 Å². The van der Waals surface area contributed by atoms with Gasteiger partial charge in [0, 0.05) is 0 Å². The third kappa shape index (κ3) is 4.04. The van der Waals surface area contributed by atoms with Crippen LogP contribution in [-0.4, -0.2) is 27.1 Å². The largest absolute Gasteiger partial charge is 0.348 e. The van der Waals surface area contributed by atoms with Crippen LogP contribution in [0, 0.1) is 5.82 Å². The van der Waals surface area contributed by atoms with Crippen molar-refractivity contribution < 1.29 is 17.6 Å². The van der Waals surface area contributed by atoms with Crippen molar-refractivity contribution in [2.45, 2.75) is 25.3 Å². The molecule has 0 fully saturated rings. The zero-order chi connectivity index (χ0) is 18.7. The molecule has 26 heavy (non-hydrogen) atoms. The average molecular weight is 376 g/mol. The van der Waals surface area contributed by atoms with E-state index in [1.807, 2.05) is 24.3 Å². The second kappa shape index (κ2) is 7.45. The topological polar surface area (TPSA) is 66.5 Å². The number of sulfonamides is 1. The molecule has 7 heteroatoms. The standard InChI is InChI=1S/C19H21FN2O3S/c1-26(24,25)22(18-12-5-4-10-16(18)20)13-19(23)21-17-11-6-8-14-7-2-3-9-15(14)17/h2-5,7,9-10,12,17H,6,8,11,13H2,1H3,(H,21,23)/t17-/m0/s1. The highest BCUT2D eigenvalue weighted by Gasteiger charge is 2.26. The van der Waals surface area contributed by atoms with Crippen LogP contribution in [0.4, 0.5) is 10.1 Å². The molecule has 2 aromatic rings. The molecule has 3 rings (SSSR count). The van der Waals surface area contributed by atoms with E-state index in [0.29, 0.717) is 0 Å². The van der Waals surface area contributed by atoms with Gasteiger partial charge < -0.3 is 5.32 Å². The molecule has 0 saturated heterocycles. The van der Waals surface area contributed by atoms with E-state index in [4.69, 9.17) is 0 Å². The van der Waals surface area contributed by atoms with Crippen molar-refractivity contribution in [3.8, 4) is 0 Å². The van der Waals surface area contributed by atoms with E-state index >= 15 is 0 Å². The van der Waals surface area contributed by atoms with Gasteiger partial charge in [-0.05, 0) is 42.5 Å². The van der Waals surface area contributed by atoms with Gasteiger partial charge in [-0.25, -0.2) is 12.8 Å². The second-order valence-corrected chi connectivity index (χ2v) is 8.34. The molecule has 138 valence electrons. The summed E-state index contributed by atoms with van der Waals surface area (Å²) in [5, 5.41) is 2.90. The summed E-state index contributed by atoms with van der Waals surface area (Å²) in [6.07, 6.45) is 3.67. The van der Waals surface area contributed by atoms with Crippen molar-refractivity contribution >= 4 is 21.6 Å². The summed E-state index contributed by atoms with van der Waals surface area (Å²) in [4.78, 5) is 12.5. The van der Waals surface area contributed by atoms with Crippen molar-refractivity contribution in [2.24, 2.45) is 0 Å². The lowest BCUT2D eigenvalue weighted by molar-refractivity contribution is -0.120. The number of fused-ring (bicyclic) bond motifs is 1. The van der Waals surface area contributed by atoms with Crippen LogP contribution in [0.25, 0.3) is 0 Å². The Labute approximate surface area is 152 Å². The minimum absolute atomic E-state index is 0.130. The maximum atomic E-state index is 14.0. The van der Waals surface area contributed by atoms with E-state index in [9.17, 15) is 17.6 Å². The number of hydrogen-bond acceptors (Lipinski definition) is 3. The number of carbonyl (C=O) groups excluding carboxylic acids is 1. The summed E-state index contributed by atoms with van der Waals surface area (Å²) in [5.74, 6) is -1.14. The number of carbonyl (C=O) groups is 1. The van der Waals surface area contributed by atoms with Crippen LogP contribution in [0.3, 0.4) is 0 Å². The Hall–Kier alpha value is -2.41. The highest BCUT2D eigenvalue weighted by molar-refractivity contribution is 7.92. The van der Waals surface area contributed by atoms with Crippen molar-refractivity contribution in [3.05, 3.63) is 65.5 Å². The number of nitrogens with one attached hydrogen (secondary N) is 1. The van der Waals surface area contributed by atoms with E-state index in [-0.39, 0.29) is 11.7 Å². The van der Waals surface area contributed by atoms with E-state index in [1.54, 1.807) is 0 Å². The number of benzene rings is 2. The molecule has 0 bridgehead atoms. The molecule has 0 aliphatic heterocycles. The molecular weight excluding hydrogens is 355 g/mol. The number of hydrogen-bond donors (Lipinski definition) is 1. The van der Waals surface area contributed by atoms with Crippen LogP contribution in [0.15, 0.2) is 48.5 Å². The molecule has 1 aliphatic carbocycles. The molecule has 1 amide bonds. The van der Waals surface area contributed by atoms with Gasteiger partial charge in [-0.3, -0.25) is 9.10 Å². The van der Waals surface area contributed by atoms with Gasteiger partial charge in [-0.15, -0.1) is 0 Å². The molecule has 0 heterocycles. The molecule has 5 nitrogen and oxygen atoms in total. The van der Waals surface area contributed by atoms with Crippen LogP contribution in [0.5, 0.6) is 0 Å². The van der Waals surface area contributed by atoms with Gasteiger partial charge in [0.15, 0.2) is 0 Å². The predicted molar refractivity (Wildman–Crippen MR) is 98.9 cm³/mol. The molecule has 0 unspecified atom stereocenters. The van der Waals surface area contributed by atoms with Crippen LogP contribution in [0.1, 0.15) is 30.0 Å². The summed E-state index contributed by atoms with van der Waals surface area (Å²) in [5.41, 5.74) is 2.12. The first-order chi connectivity index (χ1) is 12.4. The van der Waals surface area contributed by atoms with E-state index in [2.05, 4.69) is 5.32 Å². The maximum Gasteiger partial charge on any atom is 0.241 e. The summed E-state index contributed by atoms with van der Waals surface area (Å²) in [6.45, 7) is -0.460. The fourth-order valence-electron chi connectivity index (χ4n) is 3.31. The Morgan fingerprint density at radius 3 is 2.62 bits per heavy atom. The number of para-hydroxylation sites is 1. The molecule has 0 saturated carbocycles. The number of halogens is 1. The third-order valence-corrected chi connectivity index (χ3v) is 5.64. The molecule has 0 aromatic heterocycles. The van der Waals surface area contributed by atoms with Crippen molar-refractivity contribution in [1.82, 2.24) is 5.32 Å². The predicted octanol–water partition coefficient (Wildman–Crippen LogP) is 2.79. The molecule has 0 radical (unpaired) electrons. The van der Waals surface area contributed by atoms with Crippen LogP contribution in [0.2, 0.25) is 0 Å².